The normalized spacial score (nSPS) is 10.7. The number of hydrogen-bond donors (Lipinski definition) is 0. The van der Waals surface area contributed by atoms with Gasteiger partial charge in [-0.3, -0.25) is 19.9 Å². The topological polar surface area (TPSA) is 90.2 Å². The highest BCUT2D eigenvalue weighted by molar-refractivity contribution is 5.65. The molecule has 0 atom stereocenters. The van der Waals surface area contributed by atoms with Crippen LogP contribution in [0.1, 0.15) is 5.82 Å². The summed E-state index contributed by atoms with van der Waals surface area (Å²) >= 11 is 0. The molecule has 0 aromatic carbocycles. The fourth-order valence-corrected chi connectivity index (χ4v) is 3.15. The number of hydrogen-bond acceptors (Lipinski definition) is 7. The van der Waals surface area contributed by atoms with E-state index >= 15 is 0 Å². The Hall–Kier alpha value is -4.39. The van der Waals surface area contributed by atoms with Crippen LogP contribution in [0.2, 0.25) is 0 Å². The van der Waals surface area contributed by atoms with Crippen molar-refractivity contribution in [1.29, 1.82) is 0 Å². The second-order valence-corrected chi connectivity index (χ2v) is 6.85. The number of aromatic nitrogens is 7. The lowest BCUT2D eigenvalue weighted by Crippen LogP contribution is -2.01. The van der Waals surface area contributed by atoms with Crippen molar-refractivity contribution in [2.24, 2.45) is 0 Å². The Bertz CT molecular complexity index is 1200. The van der Waals surface area contributed by atoms with Crippen molar-refractivity contribution in [3.63, 3.8) is 0 Å². The molecule has 0 radical (unpaired) electrons. The van der Waals surface area contributed by atoms with Crippen molar-refractivity contribution >= 4 is 0 Å². The van der Waals surface area contributed by atoms with Gasteiger partial charge in [0.1, 0.15) is 17.2 Å². The maximum Gasteiger partial charge on any atom is 0.182 e. The SMILES string of the molecule is Cc1nc(-c2ccc(-c3cccnc3)cn2)nc(-c2ccc(-c3ccccn3)cn2)n1. The maximum absolute atomic E-state index is 4.60. The van der Waals surface area contributed by atoms with Gasteiger partial charge < -0.3 is 0 Å². The molecule has 0 aliphatic rings. The molecule has 0 unspecified atom stereocenters. The first-order valence-electron chi connectivity index (χ1n) is 9.73. The van der Waals surface area contributed by atoms with Gasteiger partial charge in [-0.15, -0.1) is 0 Å². The van der Waals surface area contributed by atoms with Crippen molar-refractivity contribution in [1.82, 2.24) is 34.9 Å². The van der Waals surface area contributed by atoms with Crippen LogP contribution in [0.5, 0.6) is 0 Å². The van der Waals surface area contributed by atoms with Gasteiger partial charge in [-0.05, 0) is 43.3 Å². The molecule has 31 heavy (non-hydrogen) atoms. The van der Waals surface area contributed by atoms with Crippen LogP contribution >= 0.6 is 0 Å². The van der Waals surface area contributed by atoms with Crippen LogP contribution in [-0.4, -0.2) is 34.9 Å². The average molecular weight is 403 g/mol. The lowest BCUT2D eigenvalue weighted by Gasteiger charge is -2.06. The largest absolute Gasteiger partial charge is 0.264 e. The van der Waals surface area contributed by atoms with Crippen LogP contribution < -0.4 is 0 Å². The summed E-state index contributed by atoms with van der Waals surface area (Å²) in [4.78, 5) is 31.1. The molecule has 0 fully saturated rings. The molecule has 5 heterocycles. The summed E-state index contributed by atoms with van der Waals surface area (Å²) in [7, 11) is 0. The van der Waals surface area contributed by atoms with Crippen LogP contribution in [-0.2, 0) is 0 Å². The van der Waals surface area contributed by atoms with Gasteiger partial charge in [-0.1, -0.05) is 18.2 Å². The van der Waals surface area contributed by atoms with Crippen molar-refractivity contribution < 1.29 is 0 Å². The lowest BCUT2D eigenvalue weighted by molar-refractivity contribution is 0.975. The summed E-state index contributed by atoms with van der Waals surface area (Å²) in [5.74, 6) is 1.62. The van der Waals surface area contributed by atoms with E-state index in [1.165, 1.54) is 0 Å². The van der Waals surface area contributed by atoms with E-state index in [0.717, 1.165) is 22.4 Å². The molecule has 0 aliphatic carbocycles. The Morgan fingerprint density at radius 1 is 0.516 bits per heavy atom. The van der Waals surface area contributed by atoms with Gasteiger partial charge in [0.15, 0.2) is 11.6 Å². The molecule has 0 aliphatic heterocycles. The minimum atomic E-state index is 0.508. The van der Waals surface area contributed by atoms with Gasteiger partial charge in [0.2, 0.25) is 0 Å². The Labute approximate surface area is 179 Å². The summed E-state index contributed by atoms with van der Waals surface area (Å²) in [5.41, 5.74) is 5.12. The lowest BCUT2D eigenvalue weighted by atomic mass is 10.1. The third-order valence-electron chi connectivity index (χ3n) is 4.69. The van der Waals surface area contributed by atoms with Crippen LogP contribution in [0.15, 0.2) is 85.6 Å². The Morgan fingerprint density at radius 2 is 1.23 bits per heavy atom. The van der Waals surface area contributed by atoms with Crippen LogP contribution in [0.4, 0.5) is 0 Å². The molecule has 148 valence electrons. The fraction of sp³-hybridized carbons (Fsp3) is 0.0417. The molecule has 0 spiro atoms. The first-order chi connectivity index (χ1) is 15.3. The predicted octanol–water partition coefficient (Wildman–Crippen LogP) is 4.43. The zero-order valence-electron chi connectivity index (χ0n) is 16.7. The standard InChI is InChI=1S/C24H17N7/c1-16-29-23(21-9-7-18(14-27-21)17-5-4-11-25-13-17)31-24(30-16)22-10-8-19(15-28-22)20-6-2-3-12-26-20/h2-15H,1H3. The van der Waals surface area contributed by atoms with E-state index in [-0.39, 0.29) is 0 Å². The van der Waals surface area contributed by atoms with Crippen LogP contribution in [0, 0.1) is 6.92 Å². The van der Waals surface area contributed by atoms with E-state index in [4.69, 9.17) is 0 Å². The summed E-state index contributed by atoms with van der Waals surface area (Å²) in [6, 6.07) is 17.4. The molecule has 7 heteroatoms. The van der Waals surface area contributed by atoms with Crippen LogP contribution in [0.3, 0.4) is 0 Å². The van der Waals surface area contributed by atoms with E-state index in [0.29, 0.717) is 28.9 Å². The monoisotopic (exact) mass is 403 g/mol. The van der Waals surface area contributed by atoms with Gasteiger partial charge in [0, 0.05) is 47.7 Å². The van der Waals surface area contributed by atoms with Gasteiger partial charge in [0.25, 0.3) is 0 Å². The van der Waals surface area contributed by atoms with E-state index in [9.17, 15) is 0 Å². The highest BCUT2D eigenvalue weighted by Gasteiger charge is 2.11. The number of aryl methyl sites for hydroxylation is 1. The molecule has 0 saturated carbocycles. The summed E-state index contributed by atoms with van der Waals surface area (Å²) in [5, 5.41) is 0. The molecule has 5 aromatic heterocycles. The molecule has 0 amide bonds. The molecule has 0 saturated heterocycles. The minimum absolute atomic E-state index is 0.508. The van der Waals surface area contributed by atoms with Crippen molar-refractivity contribution in [3.8, 4) is 45.4 Å². The van der Waals surface area contributed by atoms with Crippen LogP contribution in [0.25, 0.3) is 45.4 Å². The van der Waals surface area contributed by atoms with E-state index < -0.39 is 0 Å². The summed E-state index contributed by atoms with van der Waals surface area (Å²) < 4.78 is 0. The van der Waals surface area contributed by atoms with E-state index in [1.54, 1.807) is 24.8 Å². The predicted molar refractivity (Wildman–Crippen MR) is 117 cm³/mol. The quantitative estimate of drug-likeness (QED) is 0.438. The smallest absolute Gasteiger partial charge is 0.182 e. The summed E-state index contributed by atoms with van der Waals surface area (Å²) in [6.45, 7) is 1.83. The van der Waals surface area contributed by atoms with Gasteiger partial charge in [-0.25, -0.2) is 15.0 Å². The molecule has 0 bridgehead atoms. The molecule has 0 N–H and O–H groups in total. The van der Waals surface area contributed by atoms with Crippen molar-refractivity contribution in [2.45, 2.75) is 6.92 Å². The fourth-order valence-electron chi connectivity index (χ4n) is 3.15. The third-order valence-corrected chi connectivity index (χ3v) is 4.69. The highest BCUT2D eigenvalue weighted by atomic mass is 15.1. The third kappa shape index (κ3) is 4.02. The molecular weight excluding hydrogens is 386 g/mol. The number of pyridine rings is 4. The average Bonchev–Trinajstić information content (AvgIpc) is 2.85. The maximum atomic E-state index is 4.60. The number of nitrogens with zero attached hydrogens (tertiary/aromatic N) is 7. The first-order valence-corrected chi connectivity index (χ1v) is 9.73. The zero-order chi connectivity index (χ0) is 21.0. The Kier molecular flexibility index (Phi) is 4.90. The van der Waals surface area contributed by atoms with E-state index in [2.05, 4.69) is 34.9 Å². The number of rotatable bonds is 4. The van der Waals surface area contributed by atoms with Gasteiger partial charge in [0.05, 0.1) is 5.69 Å². The molecule has 5 rings (SSSR count). The summed E-state index contributed by atoms with van der Waals surface area (Å²) in [6.07, 6.45) is 8.89. The van der Waals surface area contributed by atoms with Gasteiger partial charge in [-0.2, -0.15) is 0 Å². The second-order valence-electron chi connectivity index (χ2n) is 6.85. The second kappa shape index (κ2) is 8.16. The Balaban J connectivity index is 1.45. The zero-order valence-corrected chi connectivity index (χ0v) is 16.7. The first kappa shape index (κ1) is 18.6. The van der Waals surface area contributed by atoms with Crippen molar-refractivity contribution in [3.05, 3.63) is 91.4 Å². The molecule has 5 aromatic rings. The molecule has 7 nitrogen and oxygen atoms in total. The minimum Gasteiger partial charge on any atom is -0.264 e. The molecular formula is C24H17N7. The van der Waals surface area contributed by atoms with Gasteiger partial charge >= 0.3 is 0 Å². The highest BCUT2D eigenvalue weighted by Crippen LogP contribution is 2.23. The van der Waals surface area contributed by atoms with E-state index in [1.807, 2.05) is 67.7 Å². The van der Waals surface area contributed by atoms with Crippen molar-refractivity contribution in [2.75, 3.05) is 0 Å². The Morgan fingerprint density at radius 3 is 1.81 bits per heavy atom.